The number of fused-ring (bicyclic) bond motifs is 2. The third kappa shape index (κ3) is 2.96. The minimum absolute atomic E-state index is 0.0961. The van der Waals surface area contributed by atoms with E-state index in [9.17, 15) is 9.59 Å². The van der Waals surface area contributed by atoms with Crippen LogP contribution < -0.4 is 29.2 Å². The molecule has 0 aromatic heterocycles. The third-order valence-corrected chi connectivity index (χ3v) is 4.97. The van der Waals surface area contributed by atoms with Crippen molar-refractivity contribution < 1.29 is 28.5 Å². The van der Waals surface area contributed by atoms with E-state index in [0.29, 0.717) is 54.1 Å². The summed E-state index contributed by atoms with van der Waals surface area (Å²) in [5.41, 5.74) is 1.31. The molecule has 1 N–H and O–H groups in total. The van der Waals surface area contributed by atoms with E-state index in [2.05, 4.69) is 5.32 Å². The van der Waals surface area contributed by atoms with Crippen LogP contribution in [0.15, 0.2) is 36.4 Å². The number of carbonyl (C=O) groups excluding carboxylic acids is 2. The predicted molar refractivity (Wildman–Crippen MR) is 99.1 cm³/mol. The first-order valence-corrected chi connectivity index (χ1v) is 9.08. The zero-order valence-corrected chi connectivity index (χ0v) is 15.0. The lowest BCUT2D eigenvalue weighted by molar-refractivity contribution is -0.122. The number of hydrogen-bond donors (Lipinski definition) is 1. The molecular formula is C20H18N2O6. The van der Waals surface area contributed by atoms with Crippen molar-refractivity contribution in [3.8, 4) is 23.0 Å². The number of anilines is 2. The number of benzene rings is 2. The van der Waals surface area contributed by atoms with Gasteiger partial charge in [-0.1, -0.05) is 0 Å². The van der Waals surface area contributed by atoms with Crippen LogP contribution in [-0.4, -0.2) is 38.4 Å². The largest absolute Gasteiger partial charge is 0.486 e. The molecule has 0 aliphatic carbocycles. The Morgan fingerprint density at radius 2 is 1.64 bits per heavy atom. The molecule has 0 bridgehead atoms. The predicted octanol–water partition coefficient (Wildman–Crippen LogP) is 2.18. The second-order valence-corrected chi connectivity index (χ2v) is 6.79. The Bertz CT molecular complexity index is 960. The van der Waals surface area contributed by atoms with Gasteiger partial charge in [0.25, 0.3) is 0 Å². The standard InChI is InChI=1S/C20H18N2O6/c23-19-7-12(10-22(19)14-2-4-16-18(9-14)28-11-27-16)20(24)21-13-1-3-15-17(8-13)26-6-5-25-15/h1-4,8-9,12H,5-7,10-11H2,(H,21,24). The molecule has 144 valence electrons. The first kappa shape index (κ1) is 16.7. The van der Waals surface area contributed by atoms with Gasteiger partial charge in [-0.15, -0.1) is 0 Å². The molecule has 2 aromatic carbocycles. The summed E-state index contributed by atoms with van der Waals surface area (Å²) in [6, 6.07) is 10.6. The highest BCUT2D eigenvalue weighted by molar-refractivity contribution is 6.03. The number of ether oxygens (including phenoxy) is 4. The Balaban J connectivity index is 1.28. The molecule has 2 amide bonds. The number of amides is 2. The molecule has 3 aliphatic rings. The number of hydrogen-bond acceptors (Lipinski definition) is 6. The molecule has 3 heterocycles. The van der Waals surface area contributed by atoms with Gasteiger partial charge in [0.15, 0.2) is 23.0 Å². The summed E-state index contributed by atoms with van der Waals surface area (Å²) in [5, 5.41) is 2.87. The monoisotopic (exact) mass is 382 g/mol. The first-order valence-electron chi connectivity index (χ1n) is 9.08. The van der Waals surface area contributed by atoms with Crippen molar-refractivity contribution in [1.29, 1.82) is 0 Å². The van der Waals surface area contributed by atoms with E-state index in [1.165, 1.54) is 0 Å². The lowest BCUT2D eigenvalue weighted by Gasteiger charge is -2.19. The average molecular weight is 382 g/mol. The number of carbonyl (C=O) groups is 2. The molecule has 0 radical (unpaired) electrons. The van der Waals surface area contributed by atoms with E-state index in [0.717, 1.165) is 0 Å². The normalized spacial score (nSPS) is 19.6. The summed E-state index contributed by atoms with van der Waals surface area (Å²) in [6.45, 7) is 1.48. The van der Waals surface area contributed by atoms with Gasteiger partial charge in [0.05, 0.1) is 5.92 Å². The van der Waals surface area contributed by atoms with E-state index in [4.69, 9.17) is 18.9 Å². The van der Waals surface area contributed by atoms with Gasteiger partial charge in [-0.2, -0.15) is 0 Å². The summed E-state index contributed by atoms with van der Waals surface area (Å²) in [7, 11) is 0. The fourth-order valence-corrected chi connectivity index (χ4v) is 3.55. The Labute approximate surface area is 160 Å². The molecule has 1 fully saturated rings. The van der Waals surface area contributed by atoms with Crippen LogP contribution in [0, 0.1) is 5.92 Å². The third-order valence-electron chi connectivity index (χ3n) is 4.97. The van der Waals surface area contributed by atoms with Gasteiger partial charge in [0.2, 0.25) is 18.6 Å². The zero-order valence-electron chi connectivity index (χ0n) is 15.0. The highest BCUT2D eigenvalue weighted by atomic mass is 16.7. The molecule has 0 spiro atoms. The molecule has 5 rings (SSSR count). The molecule has 3 aliphatic heterocycles. The van der Waals surface area contributed by atoms with Gasteiger partial charge < -0.3 is 29.2 Å². The maximum absolute atomic E-state index is 12.7. The topological polar surface area (TPSA) is 86.3 Å². The van der Waals surface area contributed by atoms with Crippen LogP contribution in [0.25, 0.3) is 0 Å². The first-order chi connectivity index (χ1) is 13.7. The second-order valence-electron chi connectivity index (χ2n) is 6.79. The fourth-order valence-electron chi connectivity index (χ4n) is 3.55. The molecule has 1 saturated heterocycles. The van der Waals surface area contributed by atoms with E-state index >= 15 is 0 Å². The highest BCUT2D eigenvalue weighted by Crippen LogP contribution is 2.37. The van der Waals surface area contributed by atoms with Crippen LogP contribution >= 0.6 is 0 Å². The van der Waals surface area contributed by atoms with Crippen molar-refractivity contribution in [2.24, 2.45) is 5.92 Å². The van der Waals surface area contributed by atoms with Gasteiger partial charge in [-0.3, -0.25) is 9.59 Å². The SMILES string of the molecule is O=C(Nc1ccc2c(c1)OCCO2)C1CC(=O)N(c2ccc3c(c2)OCO3)C1. The Morgan fingerprint density at radius 3 is 2.54 bits per heavy atom. The van der Waals surface area contributed by atoms with Gasteiger partial charge in [-0.25, -0.2) is 0 Å². The van der Waals surface area contributed by atoms with Gasteiger partial charge >= 0.3 is 0 Å². The van der Waals surface area contributed by atoms with Crippen LogP contribution in [0.2, 0.25) is 0 Å². The summed E-state index contributed by atoms with van der Waals surface area (Å²) in [4.78, 5) is 26.8. The van der Waals surface area contributed by atoms with Crippen molar-refractivity contribution in [2.45, 2.75) is 6.42 Å². The molecule has 28 heavy (non-hydrogen) atoms. The smallest absolute Gasteiger partial charge is 0.231 e. The van der Waals surface area contributed by atoms with Crippen LogP contribution in [-0.2, 0) is 9.59 Å². The van der Waals surface area contributed by atoms with Crippen molar-refractivity contribution in [2.75, 3.05) is 36.8 Å². The van der Waals surface area contributed by atoms with E-state index in [1.807, 2.05) is 0 Å². The van der Waals surface area contributed by atoms with Crippen LogP contribution in [0.3, 0.4) is 0 Å². The molecule has 1 atom stereocenters. The fraction of sp³-hybridized carbons (Fsp3) is 0.300. The van der Waals surface area contributed by atoms with Gasteiger partial charge in [-0.05, 0) is 24.3 Å². The van der Waals surface area contributed by atoms with Crippen molar-refractivity contribution in [3.05, 3.63) is 36.4 Å². The highest BCUT2D eigenvalue weighted by Gasteiger charge is 2.35. The Morgan fingerprint density at radius 1 is 0.929 bits per heavy atom. The summed E-state index contributed by atoms with van der Waals surface area (Å²) < 4.78 is 21.7. The van der Waals surface area contributed by atoms with Crippen molar-refractivity contribution in [1.82, 2.24) is 0 Å². The minimum Gasteiger partial charge on any atom is -0.486 e. The van der Waals surface area contributed by atoms with E-state index in [-0.39, 0.29) is 25.0 Å². The van der Waals surface area contributed by atoms with Crippen molar-refractivity contribution >= 4 is 23.2 Å². The van der Waals surface area contributed by atoms with Crippen LogP contribution in [0.4, 0.5) is 11.4 Å². The van der Waals surface area contributed by atoms with Crippen LogP contribution in [0.5, 0.6) is 23.0 Å². The van der Waals surface area contributed by atoms with E-state index < -0.39 is 5.92 Å². The molecule has 8 heteroatoms. The average Bonchev–Trinajstić information content (AvgIpc) is 3.33. The minimum atomic E-state index is -0.439. The summed E-state index contributed by atoms with van der Waals surface area (Å²) in [6.07, 6.45) is 0.158. The maximum atomic E-state index is 12.7. The van der Waals surface area contributed by atoms with Crippen molar-refractivity contribution in [3.63, 3.8) is 0 Å². The van der Waals surface area contributed by atoms with Gasteiger partial charge in [0.1, 0.15) is 13.2 Å². The number of nitrogens with zero attached hydrogens (tertiary/aromatic N) is 1. The molecule has 0 saturated carbocycles. The molecule has 2 aromatic rings. The Kier molecular flexibility index (Phi) is 3.96. The quantitative estimate of drug-likeness (QED) is 0.876. The van der Waals surface area contributed by atoms with E-state index in [1.54, 1.807) is 41.3 Å². The lowest BCUT2D eigenvalue weighted by atomic mass is 10.1. The van der Waals surface area contributed by atoms with Gasteiger partial charge in [0, 0.05) is 36.5 Å². The lowest BCUT2D eigenvalue weighted by Crippen LogP contribution is -2.28. The van der Waals surface area contributed by atoms with Crippen LogP contribution in [0.1, 0.15) is 6.42 Å². The molecule has 1 unspecified atom stereocenters. The molecular weight excluding hydrogens is 364 g/mol. The zero-order chi connectivity index (χ0) is 19.1. The summed E-state index contributed by atoms with van der Waals surface area (Å²) in [5.74, 6) is 1.79. The number of rotatable bonds is 3. The second kappa shape index (κ2) is 6.63. The summed E-state index contributed by atoms with van der Waals surface area (Å²) >= 11 is 0. The maximum Gasteiger partial charge on any atom is 0.231 e. The molecule has 8 nitrogen and oxygen atoms in total. The Hall–Kier alpha value is -3.42. The number of nitrogens with one attached hydrogen (secondary N) is 1.